The van der Waals surface area contributed by atoms with Crippen molar-refractivity contribution in [1.82, 2.24) is 5.32 Å². The number of benzene rings is 1. The molecule has 1 aliphatic rings. The molecule has 1 aromatic carbocycles. The van der Waals surface area contributed by atoms with Crippen molar-refractivity contribution in [2.24, 2.45) is 11.8 Å². The third-order valence-corrected chi connectivity index (χ3v) is 3.86. The molecule has 0 aliphatic carbocycles. The Labute approximate surface area is 115 Å². The summed E-state index contributed by atoms with van der Waals surface area (Å²) < 4.78 is 18.4. The number of nitrogens with one attached hydrogen (secondary N) is 1. The highest BCUT2D eigenvalue weighted by Crippen LogP contribution is 2.23. The number of hydrogen-bond donors (Lipinski definition) is 1. The molecule has 0 aromatic heterocycles. The van der Waals surface area contributed by atoms with Gasteiger partial charge in [0.25, 0.3) is 0 Å². The maximum Gasteiger partial charge on any atom is 0.123 e. The number of ether oxygens (including phenoxy) is 1. The third-order valence-electron chi connectivity index (χ3n) is 3.86. The first-order chi connectivity index (χ1) is 9.16. The molecule has 3 heteroatoms. The van der Waals surface area contributed by atoms with E-state index in [-0.39, 0.29) is 5.82 Å². The van der Waals surface area contributed by atoms with Gasteiger partial charge in [-0.3, -0.25) is 0 Å². The first-order valence-corrected chi connectivity index (χ1v) is 7.23. The third kappa shape index (κ3) is 4.29. The van der Waals surface area contributed by atoms with Crippen molar-refractivity contribution < 1.29 is 9.13 Å². The van der Waals surface area contributed by atoms with Gasteiger partial charge in [0.05, 0.1) is 0 Å². The molecule has 1 atom stereocenters. The van der Waals surface area contributed by atoms with Crippen LogP contribution in [0.5, 0.6) is 0 Å². The first-order valence-electron chi connectivity index (χ1n) is 7.23. The molecule has 0 radical (unpaired) electrons. The highest BCUT2D eigenvalue weighted by Gasteiger charge is 2.19. The van der Waals surface area contributed by atoms with Crippen LogP contribution < -0.4 is 5.32 Å². The molecule has 1 aromatic rings. The Bertz CT molecular complexity index is 371. The minimum atomic E-state index is -0.171. The lowest BCUT2D eigenvalue weighted by Crippen LogP contribution is -2.33. The molecule has 106 valence electrons. The molecule has 0 amide bonds. The summed E-state index contributed by atoms with van der Waals surface area (Å²) in [5, 5.41) is 3.65. The van der Waals surface area contributed by atoms with Crippen molar-refractivity contribution in [1.29, 1.82) is 0 Å². The van der Waals surface area contributed by atoms with Crippen LogP contribution in [0.4, 0.5) is 4.39 Å². The summed E-state index contributed by atoms with van der Waals surface area (Å²) in [6, 6.07) is 7.15. The molecule has 1 N–H and O–H groups in total. The fraction of sp³-hybridized carbons (Fsp3) is 0.625. The van der Waals surface area contributed by atoms with Gasteiger partial charge in [-0.15, -0.1) is 0 Å². The molecule has 1 heterocycles. The maximum absolute atomic E-state index is 13.0. The van der Waals surface area contributed by atoms with Crippen molar-refractivity contribution in [3.8, 4) is 0 Å². The molecule has 1 aliphatic heterocycles. The van der Waals surface area contributed by atoms with Gasteiger partial charge >= 0.3 is 0 Å². The van der Waals surface area contributed by atoms with Crippen LogP contribution in [0.25, 0.3) is 0 Å². The van der Waals surface area contributed by atoms with E-state index < -0.39 is 0 Å². The topological polar surface area (TPSA) is 21.3 Å². The van der Waals surface area contributed by atoms with Crippen molar-refractivity contribution in [2.45, 2.75) is 32.7 Å². The molecular weight excluding hydrogens is 241 g/mol. The van der Waals surface area contributed by atoms with E-state index in [1.54, 1.807) is 12.1 Å². The van der Waals surface area contributed by atoms with Crippen LogP contribution in [0.15, 0.2) is 24.3 Å². The molecule has 19 heavy (non-hydrogen) atoms. The Morgan fingerprint density at radius 2 is 1.84 bits per heavy atom. The van der Waals surface area contributed by atoms with Crippen LogP contribution in [-0.4, -0.2) is 19.8 Å². The number of hydrogen-bond acceptors (Lipinski definition) is 2. The molecule has 0 saturated carbocycles. The minimum Gasteiger partial charge on any atom is -0.381 e. The lowest BCUT2D eigenvalue weighted by Gasteiger charge is -2.28. The van der Waals surface area contributed by atoms with E-state index in [1.807, 2.05) is 12.1 Å². The van der Waals surface area contributed by atoms with Gasteiger partial charge in [0.1, 0.15) is 5.82 Å². The van der Waals surface area contributed by atoms with E-state index in [0.29, 0.717) is 17.9 Å². The highest BCUT2D eigenvalue weighted by atomic mass is 19.1. The van der Waals surface area contributed by atoms with Crippen LogP contribution in [0.2, 0.25) is 0 Å². The fourth-order valence-electron chi connectivity index (χ4n) is 2.65. The molecular formula is C16H24FNO. The van der Waals surface area contributed by atoms with Crippen molar-refractivity contribution >= 4 is 0 Å². The predicted molar refractivity (Wildman–Crippen MR) is 75.5 cm³/mol. The maximum atomic E-state index is 13.0. The van der Waals surface area contributed by atoms with Gasteiger partial charge in [0.2, 0.25) is 0 Å². The van der Waals surface area contributed by atoms with Gasteiger partial charge in [-0.2, -0.15) is 0 Å². The monoisotopic (exact) mass is 265 g/mol. The zero-order valence-corrected chi connectivity index (χ0v) is 11.9. The average Bonchev–Trinajstić information content (AvgIpc) is 2.42. The Morgan fingerprint density at radius 3 is 2.42 bits per heavy atom. The van der Waals surface area contributed by atoms with E-state index in [0.717, 1.165) is 32.6 Å². The minimum absolute atomic E-state index is 0.171. The van der Waals surface area contributed by atoms with E-state index in [1.165, 1.54) is 5.56 Å². The van der Waals surface area contributed by atoms with Gasteiger partial charge in [-0.05, 0) is 48.9 Å². The second-order valence-electron chi connectivity index (χ2n) is 5.74. The summed E-state index contributed by atoms with van der Waals surface area (Å²) in [4.78, 5) is 0. The summed E-state index contributed by atoms with van der Waals surface area (Å²) in [7, 11) is 0. The zero-order valence-electron chi connectivity index (χ0n) is 11.9. The van der Waals surface area contributed by atoms with Gasteiger partial charge in [-0.1, -0.05) is 26.0 Å². The smallest absolute Gasteiger partial charge is 0.123 e. The van der Waals surface area contributed by atoms with E-state index in [4.69, 9.17) is 4.74 Å². The summed E-state index contributed by atoms with van der Waals surface area (Å²) in [5.41, 5.74) is 1.17. The largest absolute Gasteiger partial charge is 0.381 e. The normalized spacial score (nSPS) is 18.7. The Balaban J connectivity index is 1.94. The first kappa shape index (κ1) is 14.5. The van der Waals surface area contributed by atoms with E-state index >= 15 is 0 Å². The quantitative estimate of drug-likeness (QED) is 0.879. The molecule has 0 bridgehead atoms. The van der Waals surface area contributed by atoms with Crippen molar-refractivity contribution in [3.63, 3.8) is 0 Å². The average molecular weight is 265 g/mol. The molecule has 0 spiro atoms. The summed E-state index contributed by atoms with van der Waals surface area (Å²) in [6.45, 7) is 7.18. The molecule has 1 unspecified atom stereocenters. The van der Waals surface area contributed by atoms with Gasteiger partial charge in [-0.25, -0.2) is 4.39 Å². The Kier molecular flexibility index (Phi) is 5.34. The molecule has 1 fully saturated rings. The highest BCUT2D eigenvalue weighted by molar-refractivity contribution is 5.20. The standard InChI is InChI=1S/C16H24FNO/c1-12(2)16(14-3-5-15(17)6-4-14)18-11-13-7-9-19-10-8-13/h3-6,12-13,16,18H,7-11H2,1-2H3. The van der Waals surface area contributed by atoms with Crippen LogP contribution in [-0.2, 0) is 4.74 Å². The predicted octanol–water partition coefficient (Wildman–Crippen LogP) is 3.54. The lowest BCUT2D eigenvalue weighted by atomic mass is 9.94. The Hall–Kier alpha value is -0.930. The van der Waals surface area contributed by atoms with Gasteiger partial charge in [0.15, 0.2) is 0 Å². The van der Waals surface area contributed by atoms with Crippen molar-refractivity contribution in [3.05, 3.63) is 35.6 Å². The zero-order chi connectivity index (χ0) is 13.7. The summed E-state index contributed by atoms with van der Waals surface area (Å²) >= 11 is 0. The lowest BCUT2D eigenvalue weighted by molar-refractivity contribution is 0.0649. The summed E-state index contributed by atoms with van der Waals surface area (Å²) in [5.74, 6) is 1.02. The van der Waals surface area contributed by atoms with Gasteiger partial charge in [0, 0.05) is 19.3 Å². The van der Waals surface area contributed by atoms with Crippen LogP contribution in [0.1, 0.15) is 38.3 Å². The van der Waals surface area contributed by atoms with Crippen molar-refractivity contribution in [2.75, 3.05) is 19.8 Å². The van der Waals surface area contributed by atoms with E-state index in [2.05, 4.69) is 19.2 Å². The second-order valence-corrected chi connectivity index (χ2v) is 5.74. The number of halogens is 1. The van der Waals surface area contributed by atoms with E-state index in [9.17, 15) is 4.39 Å². The number of rotatable bonds is 5. The molecule has 2 nitrogen and oxygen atoms in total. The molecule has 2 rings (SSSR count). The van der Waals surface area contributed by atoms with Crippen LogP contribution in [0, 0.1) is 17.7 Å². The molecule has 1 saturated heterocycles. The summed E-state index contributed by atoms with van der Waals surface area (Å²) in [6.07, 6.45) is 2.28. The SMILES string of the molecule is CC(C)C(NCC1CCOCC1)c1ccc(F)cc1. The fourth-order valence-corrected chi connectivity index (χ4v) is 2.65. The van der Waals surface area contributed by atoms with Gasteiger partial charge < -0.3 is 10.1 Å². The van der Waals surface area contributed by atoms with Crippen LogP contribution >= 0.6 is 0 Å². The Morgan fingerprint density at radius 1 is 1.21 bits per heavy atom. The second kappa shape index (κ2) is 7.01. The van der Waals surface area contributed by atoms with Crippen LogP contribution in [0.3, 0.4) is 0 Å².